The van der Waals surface area contributed by atoms with Crippen molar-refractivity contribution in [3.05, 3.63) is 78.0 Å². The summed E-state index contributed by atoms with van der Waals surface area (Å²) in [7, 11) is 1.63. The van der Waals surface area contributed by atoms with Crippen LogP contribution in [0.5, 0.6) is 17.2 Å². The van der Waals surface area contributed by atoms with Gasteiger partial charge in [0.05, 0.1) is 20.3 Å². The van der Waals surface area contributed by atoms with Crippen LogP contribution in [0.3, 0.4) is 0 Å². The molecule has 6 nitrogen and oxygen atoms in total. The van der Waals surface area contributed by atoms with Crippen molar-refractivity contribution in [1.29, 1.82) is 0 Å². The summed E-state index contributed by atoms with van der Waals surface area (Å²) in [6.45, 7) is 1.84. The highest BCUT2D eigenvalue weighted by Gasteiger charge is 2.26. The van der Waals surface area contributed by atoms with E-state index in [1.54, 1.807) is 7.11 Å². The van der Waals surface area contributed by atoms with Gasteiger partial charge in [-0.3, -0.25) is 0 Å². The number of carboxylic acids is 1. The van der Waals surface area contributed by atoms with Gasteiger partial charge < -0.3 is 23.9 Å². The summed E-state index contributed by atoms with van der Waals surface area (Å²) in [4.78, 5) is 12.8. The van der Waals surface area contributed by atoms with Crippen molar-refractivity contribution in [1.82, 2.24) is 4.57 Å². The molecule has 1 heterocycles. The van der Waals surface area contributed by atoms with E-state index in [9.17, 15) is 9.90 Å². The number of methoxy groups -OCH3 is 1. The van der Waals surface area contributed by atoms with E-state index in [0.717, 1.165) is 45.9 Å². The van der Waals surface area contributed by atoms with Gasteiger partial charge in [0.2, 0.25) is 0 Å². The molecule has 0 atom stereocenters. The third-order valence-electron chi connectivity index (χ3n) is 7.22. The van der Waals surface area contributed by atoms with E-state index < -0.39 is 5.97 Å². The van der Waals surface area contributed by atoms with Crippen LogP contribution in [0.2, 0.25) is 0 Å². The van der Waals surface area contributed by atoms with Crippen LogP contribution in [-0.2, 0) is 6.54 Å². The van der Waals surface area contributed by atoms with Gasteiger partial charge in [0.1, 0.15) is 22.9 Å². The van der Waals surface area contributed by atoms with Gasteiger partial charge in [-0.15, -0.1) is 0 Å². The summed E-state index contributed by atoms with van der Waals surface area (Å²) in [5, 5.41) is 11.3. The average molecular weight is 498 g/mol. The number of rotatable bonds is 11. The van der Waals surface area contributed by atoms with Crippen LogP contribution in [0.15, 0.2) is 66.7 Å². The molecule has 0 aliphatic heterocycles. The molecule has 2 aliphatic carbocycles. The number of carbonyl (C=O) groups is 1. The van der Waals surface area contributed by atoms with E-state index in [1.165, 1.54) is 25.7 Å². The number of nitrogens with zero attached hydrogens (tertiary/aromatic N) is 1. The second kappa shape index (κ2) is 9.85. The first kappa shape index (κ1) is 23.5. The number of aromatic carboxylic acids is 1. The van der Waals surface area contributed by atoms with Gasteiger partial charge >= 0.3 is 5.97 Å². The lowest BCUT2D eigenvalue weighted by Gasteiger charge is -2.11. The smallest absolute Gasteiger partial charge is 0.353 e. The standard InChI is InChI=1S/C31H31NO5/c1-35-25-4-2-3-22(15-25)17-32-28-14-13-26(37-19-21-7-8-21)16-27(28)29(30(32)31(33)34)23-9-11-24(12-10-23)36-18-20-5-6-20/h2-4,9-16,20-21H,5-8,17-19H2,1H3,(H,33,34). The molecule has 0 radical (unpaired) electrons. The first-order valence-corrected chi connectivity index (χ1v) is 13.0. The van der Waals surface area contributed by atoms with Crippen molar-refractivity contribution in [3.8, 4) is 28.4 Å². The van der Waals surface area contributed by atoms with Gasteiger partial charge in [0.15, 0.2) is 0 Å². The average Bonchev–Trinajstić information content (AvgIpc) is 3.85. The molecular formula is C31H31NO5. The summed E-state index contributed by atoms with van der Waals surface area (Å²) in [6.07, 6.45) is 4.89. The van der Waals surface area contributed by atoms with Crippen LogP contribution in [-0.4, -0.2) is 36.0 Å². The molecule has 3 aromatic carbocycles. The number of aromatic nitrogens is 1. The van der Waals surface area contributed by atoms with Crippen molar-refractivity contribution in [2.75, 3.05) is 20.3 Å². The zero-order valence-corrected chi connectivity index (χ0v) is 21.0. The Hall–Kier alpha value is -3.93. The second-order valence-electron chi connectivity index (χ2n) is 10.2. The monoisotopic (exact) mass is 497 g/mol. The molecule has 0 saturated heterocycles. The van der Waals surface area contributed by atoms with E-state index in [0.29, 0.717) is 30.6 Å². The highest BCUT2D eigenvalue weighted by atomic mass is 16.5. The molecule has 0 spiro atoms. The second-order valence-corrected chi connectivity index (χ2v) is 10.2. The Kier molecular flexibility index (Phi) is 6.25. The topological polar surface area (TPSA) is 69.9 Å². The Morgan fingerprint density at radius 3 is 2.19 bits per heavy atom. The summed E-state index contributed by atoms with van der Waals surface area (Å²) < 4.78 is 19.3. The van der Waals surface area contributed by atoms with Crippen LogP contribution in [0.4, 0.5) is 0 Å². The first-order chi connectivity index (χ1) is 18.1. The lowest BCUT2D eigenvalue weighted by Crippen LogP contribution is -2.10. The number of ether oxygens (including phenoxy) is 3. The van der Waals surface area contributed by atoms with E-state index in [1.807, 2.05) is 71.3 Å². The highest BCUT2D eigenvalue weighted by molar-refractivity contribution is 6.08. The Morgan fingerprint density at radius 2 is 1.54 bits per heavy atom. The minimum Gasteiger partial charge on any atom is -0.497 e. The van der Waals surface area contributed by atoms with E-state index in [-0.39, 0.29) is 5.69 Å². The van der Waals surface area contributed by atoms with Crippen LogP contribution < -0.4 is 14.2 Å². The fourth-order valence-electron chi connectivity index (χ4n) is 4.77. The molecule has 6 heteroatoms. The molecule has 1 aromatic heterocycles. The van der Waals surface area contributed by atoms with Gasteiger partial charge in [-0.1, -0.05) is 24.3 Å². The maximum atomic E-state index is 12.8. The molecule has 0 bridgehead atoms. The fourth-order valence-corrected chi connectivity index (χ4v) is 4.77. The molecular weight excluding hydrogens is 466 g/mol. The molecule has 0 amide bonds. The van der Waals surface area contributed by atoms with Gasteiger partial charge in [-0.05, 0) is 91.1 Å². The summed E-state index contributed by atoms with van der Waals surface area (Å²) >= 11 is 0. The van der Waals surface area contributed by atoms with Gasteiger partial charge in [-0.25, -0.2) is 4.79 Å². The van der Waals surface area contributed by atoms with E-state index in [2.05, 4.69) is 0 Å². The van der Waals surface area contributed by atoms with Crippen molar-refractivity contribution in [2.24, 2.45) is 11.8 Å². The Balaban J connectivity index is 1.44. The number of hydrogen-bond acceptors (Lipinski definition) is 4. The lowest BCUT2D eigenvalue weighted by molar-refractivity contribution is 0.0687. The van der Waals surface area contributed by atoms with Crippen LogP contribution in [0.25, 0.3) is 22.0 Å². The Morgan fingerprint density at radius 1 is 0.865 bits per heavy atom. The summed E-state index contributed by atoms with van der Waals surface area (Å²) in [6, 6.07) is 21.4. The zero-order chi connectivity index (χ0) is 25.4. The molecule has 4 aromatic rings. The predicted molar refractivity (Wildman–Crippen MR) is 143 cm³/mol. The largest absolute Gasteiger partial charge is 0.497 e. The van der Waals surface area contributed by atoms with Gasteiger partial charge in [0.25, 0.3) is 0 Å². The van der Waals surface area contributed by atoms with Crippen molar-refractivity contribution >= 4 is 16.9 Å². The maximum Gasteiger partial charge on any atom is 0.353 e. The van der Waals surface area contributed by atoms with Crippen LogP contribution >= 0.6 is 0 Å². The minimum atomic E-state index is -0.969. The Bertz CT molecular complexity index is 1430. The zero-order valence-electron chi connectivity index (χ0n) is 21.0. The number of fused-ring (bicyclic) bond motifs is 1. The van der Waals surface area contributed by atoms with Crippen LogP contribution in [0, 0.1) is 11.8 Å². The lowest BCUT2D eigenvalue weighted by atomic mass is 10.0. The van der Waals surface area contributed by atoms with Crippen molar-refractivity contribution < 1.29 is 24.1 Å². The minimum absolute atomic E-state index is 0.254. The molecule has 2 saturated carbocycles. The Labute approximate surface area is 216 Å². The number of carboxylic acid groups (broad SMARTS) is 1. The molecule has 0 unspecified atom stereocenters. The predicted octanol–water partition coefficient (Wildman–Crippen LogP) is 6.64. The third-order valence-corrected chi connectivity index (χ3v) is 7.22. The first-order valence-electron chi connectivity index (χ1n) is 13.0. The third kappa shape index (κ3) is 5.15. The quantitative estimate of drug-likeness (QED) is 0.252. The van der Waals surface area contributed by atoms with Crippen molar-refractivity contribution in [3.63, 3.8) is 0 Å². The summed E-state index contributed by atoms with van der Waals surface area (Å²) in [5.74, 6) is 2.64. The molecule has 1 N–H and O–H groups in total. The molecule has 2 fully saturated rings. The van der Waals surface area contributed by atoms with E-state index in [4.69, 9.17) is 14.2 Å². The van der Waals surface area contributed by atoms with Crippen LogP contribution in [0.1, 0.15) is 41.7 Å². The summed E-state index contributed by atoms with van der Waals surface area (Å²) in [5.41, 5.74) is 3.59. The normalized spacial score (nSPS) is 15.1. The van der Waals surface area contributed by atoms with E-state index >= 15 is 0 Å². The number of benzene rings is 3. The van der Waals surface area contributed by atoms with Crippen molar-refractivity contribution in [2.45, 2.75) is 32.2 Å². The number of hydrogen-bond donors (Lipinski definition) is 1. The maximum absolute atomic E-state index is 12.8. The van der Waals surface area contributed by atoms with Gasteiger partial charge in [-0.2, -0.15) is 0 Å². The molecule has 6 rings (SSSR count). The molecule has 2 aliphatic rings. The molecule has 37 heavy (non-hydrogen) atoms. The van der Waals surface area contributed by atoms with Gasteiger partial charge in [0, 0.05) is 23.0 Å². The molecule has 190 valence electrons. The SMILES string of the molecule is COc1cccc(Cn2c(C(=O)O)c(-c3ccc(OCC4CC4)cc3)c3cc(OCC4CC4)ccc32)c1. The highest BCUT2D eigenvalue weighted by Crippen LogP contribution is 2.39. The fraction of sp³-hybridized carbons (Fsp3) is 0.323.